The van der Waals surface area contributed by atoms with Crippen LogP contribution in [0.25, 0.3) is 0 Å². The average Bonchev–Trinajstić information content (AvgIpc) is 3.39. The maximum atomic E-state index is 13.0. The van der Waals surface area contributed by atoms with Gasteiger partial charge >= 0.3 is 5.97 Å². The summed E-state index contributed by atoms with van der Waals surface area (Å²) in [6.07, 6.45) is 58.0. The lowest BCUT2D eigenvalue weighted by Gasteiger charge is -2.40. The third-order valence-corrected chi connectivity index (χ3v) is 13.2. The summed E-state index contributed by atoms with van der Waals surface area (Å²) in [4.78, 5) is 25.1. The molecule has 0 aromatic heterocycles. The van der Waals surface area contributed by atoms with Crippen molar-refractivity contribution in [1.82, 2.24) is 5.32 Å². The van der Waals surface area contributed by atoms with Crippen LogP contribution in [-0.4, -0.2) is 100 Å². The highest BCUT2D eigenvalue weighted by Crippen LogP contribution is 2.23. The monoisotopic (exact) mass is 1030 g/mol. The van der Waals surface area contributed by atoms with E-state index >= 15 is 0 Å². The summed E-state index contributed by atoms with van der Waals surface area (Å²) < 4.78 is 16.7. The molecule has 11 nitrogen and oxygen atoms in total. The summed E-state index contributed by atoms with van der Waals surface area (Å²) in [6, 6.07) is -0.850. The second kappa shape index (κ2) is 51.0. The Hall–Kier alpha value is -3.16. The van der Waals surface area contributed by atoms with Crippen molar-refractivity contribution in [3.05, 3.63) is 85.1 Å². The van der Waals surface area contributed by atoms with Crippen LogP contribution in [0.5, 0.6) is 0 Å². The highest BCUT2D eigenvalue weighted by Gasteiger charge is 2.44. The number of aliphatic hydroxyl groups is 5. The molecule has 0 aromatic carbocycles. The van der Waals surface area contributed by atoms with Gasteiger partial charge in [-0.2, -0.15) is 0 Å². The fourth-order valence-electron chi connectivity index (χ4n) is 8.45. The summed E-state index contributed by atoms with van der Waals surface area (Å²) in [5.41, 5.74) is 0. The van der Waals surface area contributed by atoms with Crippen molar-refractivity contribution < 1.29 is 49.3 Å². The Morgan fingerprint density at radius 3 is 1.48 bits per heavy atom. The molecule has 0 aliphatic carbocycles. The second-order valence-corrected chi connectivity index (χ2v) is 20.0. The van der Waals surface area contributed by atoms with Crippen LogP contribution in [0.15, 0.2) is 85.1 Å². The molecule has 0 bridgehead atoms. The summed E-state index contributed by atoms with van der Waals surface area (Å²) >= 11 is 0. The summed E-state index contributed by atoms with van der Waals surface area (Å²) in [6.45, 7) is 4.18. The van der Waals surface area contributed by atoms with Crippen molar-refractivity contribution in [1.29, 1.82) is 0 Å². The van der Waals surface area contributed by atoms with Gasteiger partial charge in [-0.05, 0) is 122 Å². The third kappa shape index (κ3) is 40.8. The molecule has 1 aliphatic rings. The number of allylic oxidation sites excluding steroid dienone is 13. The van der Waals surface area contributed by atoms with Gasteiger partial charge in [-0.3, -0.25) is 9.59 Å². The van der Waals surface area contributed by atoms with E-state index in [0.29, 0.717) is 25.9 Å². The van der Waals surface area contributed by atoms with Crippen molar-refractivity contribution in [3.63, 3.8) is 0 Å². The maximum Gasteiger partial charge on any atom is 0.305 e. The first-order valence-corrected chi connectivity index (χ1v) is 29.4. The molecular formula is C62H107NO10. The fraction of sp³-hybridized carbons (Fsp3) is 0.742. The fourth-order valence-corrected chi connectivity index (χ4v) is 8.45. The van der Waals surface area contributed by atoms with Gasteiger partial charge in [-0.15, -0.1) is 0 Å². The molecule has 11 heteroatoms. The van der Waals surface area contributed by atoms with Gasteiger partial charge in [0.05, 0.1) is 32.0 Å². The smallest absolute Gasteiger partial charge is 0.305 e. The van der Waals surface area contributed by atoms with E-state index in [0.717, 1.165) is 122 Å². The molecule has 1 saturated heterocycles. The lowest BCUT2D eigenvalue weighted by Crippen LogP contribution is -2.60. The van der Waals surface area contributed by atoms with Crippen molar-refractivity contribution in [2.45, 2.75) is 275 Å². The van der Waals surface area contributed by atoms with Gasteiger partial charge in [-0.1, -0.05) is 182 Å². The van der Waals surface area contributed by atoms with Crippen LogP contribution in [0.4, 0.5) is 0 Å². The van der Waals surface area contributed by atoms with Crippen molar-refractivity contribution >= 4 is 11.9 Å². The van der Waals surface area contributed by atoms with Gasteiger partial charge in [0.1, 0.15) is 24.4 Å². The molecule has 1 heterocycles. The Balaban J connectivity index is 2.17. The first-order valence-electron chi connectivity index (χ1n) is 29.4. The predicted octanol–water partition coefficient (Wildman–Crippen LogP) is 13.4. The average molecular weight is 1030 g/mol. The number of hydrogen-bond acceptors (Lipinski definition) is 10. The number of carbonyl (C=O) groups is 2. The Morgan fingerprint density at radius 2 is 0.945 bits per heavy atom. The number of aliphatic hydroxyl groups excluding tert-OH is 5. The zero-order chi connectivity index (χ0) is 53.1. The molecule has 0 saturated carbocycles. The number of amides is 1. The minimum absolute atomic E-state index is 0.0495. The summed E-state index contributed by atoms with van der Waals surface area (Å²) in [5.74, 6) is -0.265. The molecule has 0 aromatic rings. The van der Waals surface area contributed by atoms with E-state index < -0.39 is 49.5 Å². The Morgan fingerprint density at radius 1 is 0.507 bits per heavy atom. The molecule has 1 aliphatic heterocycles. The van der Waals surface area contributed by atoms with E-state index in [4.69, 9.17) is 14.2 Å². The molecule has 0 spiro atoms. The number of unbranched alkanes of at least 4 members (excludes halogenated alkanes) is 23. The quantitative estimate of drug-likeness (QED) is 0.0195. The number of hydrogen-bond donors (Lipinski definition) is 6. The Labute approximate surface area is 444 Å². The summed E-state index contributed by atoms with van der Waals surface area (Å²) in [7, 11) is 0. The Bertz CT molecular complexity index is 1490. The molecule has 0 radical (unpaired) electrons. The number of rotatable bonds is 49. The van der Waals surface area contributed by atoms with Crippen LogP contribution in [0.2, 0.25) is 0 Å². The molecule has 73 heavy (non-hydrogen) atoms. The second-order valence-electron chi connectivity index (χ2n) is 20.0. The maximum absolute atomic E-state index is 13.0. The highest BCUT2D eigenvalue weighted by molar-refractivity contribution is 5.76. The SMILES string of the molecule is CCCC/C=C\C/C=C\CCCCCCCC(=O)OCCCCC/C=C\C/C=C\CCCCCCCCCC(=O)NC(COC1OC(CO)C(O)C(O)C1O)C(O)/C=C/CC/C=C/CC/C=C/CCCCCC. The molecule has 1 rings (SSSR count). The third-order valence-electron chi connectivity index (χ3n) is 13.2. The normalized spacial score (nSPS) is 19.6. The Kier molecular flexibility index (Phi) is 47.4. The first-order chi connectivity index (χ1) is 35.7. The number of nitrogens with one attached hydrogen (secondary N) is 1. The van der Waals surface area contributed by atoms with E-state index in [1.807, 2.05) is 6.08 Å². The van der Waals surface area contributed by atoms with E-state index in [1.54, 1.807) is 6.08 Å². The van der Waals surface area contributed by atoms with E-state index in [1.165, 1.54) is 77.0 Å². The minimum Gasteiger partial charge on any atom is -0.466 e. The van der Waals surface area contributed by atoms with Crippen LogP contribution >= 0.6 is 0 Å². The standard InChI is InChI=1S/C62H107NO10/c1-3-5-7-9-11-13-15-17-24-28-32-36-40-44-48-55(65)54(53-72-62-61(70)60(69)59(68)56(52-64)73-62)63-57(66)49-45-41-37-33-29-25-22-20-19-21-23-27-31-35-39-43-47-51-71-58(67)50-46-42-38-34-30-26-18-16-14-12-10-8-6-4-2/h10,12-13,15-16,18-19,21,27-28,31-32,44,48,54-56,59-62,64-65,68-70H,3-9,11,14,17,20,22-26,29-30,33-43,45-47,49-53H2,1-2H3,(H,63,66)/b12-10-,15-13+,18-16-,21-19-,31-27-,32-28+,48-44+. The molecule has 1 amide bonds. The van der Waals surface area contributed by atoms with Crippen LogP contribution < -0.4 is 5.32 Å². The van der Waals surface area contributed by atoms with Gasteiger partial charge in [0.2, 0.25) is 5.91 Å². The molecule has 420 valence electrons. The molecule has 7 unspecified atom stereocenters. The van der Waals surface area contributed by atoms with E-state index in [9.17, 15) is 35.1 Å². The van der Waals surface area contributed by atoms with Crippen molar-refractivity contribution in [2.75, 3.05) is 19.8 Å². The van der Waals surface area contributed by atoms with Crippen LogP contribution in [0.3, 0.4) is 0 Å². The van der Waals surface area contributed by atoms with E-state index in [2.05, 4.69) is 92.1 Å². The molecule has 1 fully saturated rings. The largest absolute Gasteiger partial charge is 0.466 e. The van der Waals surface area contributed by atoms with Gasteiger partial charge in [0, 0.05) is 12.8 Å². The first kappa shape index (κ1) is 67.9. The summed E-state index contributed by atoms with van der Waals surface area (Å²) in [5, 5.41) is 54.3. The van der Waals surface area contributed by atoms with Gasteiger partial charge in [-0.25, -0.2) is 0 Å². The zero-order valence-electron chi connectivity index (χ0n) is 46.1. The van der Waals surface area contributed by atoms with Crippen molar-refractivity contribution in [2.24, 2.45) is 0 Å². The van der Waals surface area contributed by atoms with Crippen molar-refractivity contribution in [3.8, 4) is 0 Å². The molecule has 6 N–H and O–H groups in total. The minimum atomic E-state index is -1.59. The van der Waals surface area contributed by atoms with Gasteiger partial charge in [0.15, 0.2) is 6.29 Å². The highest BCUT2D eigenvalue weighted by atomic mass is 16.7. The topological polar surface area (TPSA) is 175 Å². The van der Waals surface area contributed by atoms with Crippen LogP contribution in [-0.2, 0) is 23.8 Å². The van der Waals surface area contributed by atoms with Crippen LogP contribution in [0.1, 0.15) is 232 Å². The number of carbonyl (C=O) groups excluding carboxylic acids is 2. The number of esters is 1. The molecule has 7 atom stereocenters. The lowest BCUT2D eigenvalue weighted by molar-refractivity contribution is -0.302. The van der Waals surface area contributed by atoms with Crippen LogP contribution in [0, 0.1) is 0 Å². The number of ether oxygens (including phenoxy) is 3. The predicted molar refractivity (Wildman–Crippen MR) is 301 cm³/mol. The van der Waals surface area contributed by atoms with Gasteiger partial charge < -0.3 is 45.1 Å². The molecular weight excluding hydrogens is 919 g/mol. The van der Waals surface area contributed by atoms with Gasteiger partial charge in [0.25, 0.3) is 0 Å². The lowest BCUT2D eigenvalue weighted by atomic mass is 9.99. The zero-order valence-corrected chi connectivity index (χ0v) is 46.1. The van der Waals surface area contributed by atoms with E-state index in [-0.39, 0.29) is 18.5 Å².